The smallest absolute Gasteiger partial charge is 0.338 e. The highest BCUT2D eigenvalue weighted by molar-refractivity contribution is 6.10. The van der Waals surface area contributed by atoms with Gasteiger partial charge in [-0.05, 0) is 23.1 Å². The fraction of sp³-hybridized carbons (Fsp3) is 0.105. The van der Waals surface area contributed by atoms with Gasteiger partial charge < -0.3 is 14.2 Å². The molecular weight excluding hydrogens is 292 g/mol. The molecule has 112 valence electrons. The molecule has 3 aromatic rings. The molecule has 0 N–H and O–H groups in total. The van der Waals surface area contributed by atoms with Crippen LogP contribution in [0.2, 0.25) is 0 Å². The van der Waals surface area contributed by atoms with Crippen LogP contribution in [-0.4, -0.2) is 12.8 Å². The zero-order chi connectivity index (χ0) is 15.4. The average molecular weight is 304 g/mol. The van der Waals surface area contributed by atoms with Crippen LogP contribution >= 0.6 is 0 Å². The molecule has 2 heterocycles. The lowest BCUT2D eigenvalue weighted by molar-refractivity contribution is 0.0535. The molecule has 4 heteroatoms. The summed E-state index contributed by atoms with van der Waals surface area (Å²) in [5.41, 5.74) is 3.58. The SMILES string of the molecule is O=C1OCc2c1cc1ccc3c(c1c2-c1ccccc1)OCO3. The first-order valence-corrected chi connectivity index (χ1v) is 7.43. The molecule has 2 aliphatic heterocycles. The second-order valence-corrected chi connectivity index (χ2v) is 5.62. The minimum Gasteiger partial charge on any atom is -0.457 e. The maximum atomic E-state index is 12.0. The predicted molar refractivity (Wildman–Crippen MR) is 84.6 cm³/mol. The molecule has 0 fully saturated rings. The molecular formula is C19H12O4. The van der Waals surface area contributed by atoms with E-state index in [1.807, 2.05) is 48.5 Å². The van der Waals surface area contributed by atoms with Gasteiger partial charge in [-0.1, -0.05) is 36.4 Å². The molecule has 0 aromatic heterocycles. The lowest BCUT2D eigenvalue weighted by Crippen LogP contribution is -1.97. The van der Waals surface area contributed by atoms with Crippen molar-refractivity contribution in [2.75, 3.05) is 6.79 Å². The van der Waals surface area contributed by atoms with Crippen molar-refractivity contribution >= 4 is 16.7 Å². The monoisotopic (exact) mass is 304 g/mol. The van der Waals surface area contributed by atoms with Gasteiger partial charge in [0, 0.05) is 16.5 Å². The molecule has 5 rings (SSSR count). The molecule has 0 unspecified atom stereocenters. The van der Waals surface area contributed by atoms with E-state index in [0.29, 0.717) is 12.2 Å². The van der Waals surface area contributed by atoms with Crippen LogP contribution in [0, 0.1) is 0 Å². The van der Waals surface area contributed by atoms with Crippen molar-refractivity contribution in [3.63, 3.8) is 0 Å². The van der Waals surface area contributed by atoms with E-state index in [4.69, 9.17) is 14.2 Å². The average Bonchev–Trinajstić information content (AvgIpc) is 3.21. The van der Waals surface area contributed by atoms with E-state index < -0.39 is 0 Å². The first-order chi connectivity index (χ1) is 11.3. The Hall–Kier alpha value is -3.01. The highest BCUT2D eigenvalue weighted by Gasteiger charge is 2.29. The van der Waals surface area contributed by atoms with Gasteiger partial charge in [0.2, 0.25) is 6.79 Å². The van der Waals surface area contributed by atoms with Crippen LogP contribution < -0.4 is 9.47 Å². The van der Waals surface area contributed by atoms with Gasteiger partial charge in [0.1, 0.15) is 6.61 Å². The van der Waals surface area contributed by atoms with E-state index >= 15 is 0 Å². The summed E-state index contributed by atoms with van der Waals surface area (Å²) in [7, 11) is 0. The molecule has 2 aliphatic rings. The summed E-state index contributed by atoms with van der Waals surface area (Å²) in [6.07, 6.45) is 0. The molecule has 0 saturated carbocycles. The van der Waals surface area contributed by atoms with Crippen LogP contribution in [0.5, 0.6) is 11.5 Å². The van der Waals surface area contributed by atoms with E-state index in [-0.39, 0.29) is 12.8 Å². The quantitative estimate of drug-likeness (QED) is 0.639. The minimum absolute atomic E-state index is 0.217. The van der Waals surface area contributed by atoms with Gasteiger partial charge in [0.05, 0.1) is 5.56 Å². The molecule has 23 heavy (non-hydrogen) atoms. The topological polar surface area (TPSA) is 44.8 Å². The molecule has 0 atom stereocenters. The number of carbonyl (C=O) groups is 1. The van der Waals surface area contributed by atoms with Crippen LogP contribution in [0.3, 0.4) is 0 Å². The standard InChI is InChI=1S/C19H12O4/c20-19-13-8-12-6-7-15-18(23-10-22-15)17(12)16(14(13)9-21-19)11-4-2-1-3-5-11/h1-8H,9-10H2. The number of carbonyl (C=O) groups excluding carboxylic acids is 1. The van der Waals surface area contributed by atoms with Gasteiger partial charge in [0.15, 0.2) is 11.5 Å². The summed E-state index contributed by atoms with van der Waals surface area (Å²) in [6.45, 7) is 0.508. The Morgan fingerprint density at radius 2 is 1.78 bits per heavy atom. The number of benzene rings is 3. The Morgan fingerprint density at radius 1 is 0.913 bits per heavy atom. The first-order valence-electron chi connectivity index (χ1n) is 7.43. The van der Waals surface area contributed by atoms with Gasteiger partial charge >= 0.3 is 5.97 Å². The summed E-state index contributed by atoms with van der Waals surface area (Å²) in [5.74, 6) is 1.21. The molecule has 3 aromatic carbocycles. The Labute approximate surface area is 132 Å². The number of fused-ring (bicyclic) bond motifs is 4. The summed E-state index contributed by atoms with van der Waals surface area (Å²) < 4.78 is 16.5. The van der Waals surface area contributed by atoms with Gasteiger partial charge in [0.25, 0.3) is 0 Å². The largest absolute Gasteiger partial charge is 0.457 e. The van der Waals surface area contributed by atoms with Crippen LogP contribution in [0.4, 0.5) is 0 Å². The lowest BCUT2D eigenvalue weighted by atomic mass is 9.90. The molecule has 4 nitrogen and oxygen atoms in total. The Kier molecular flexibility index (Phi) is 2.45. The number of hydrogen-bond donors (Lipinski definition) is 0. The van der Waals surface area contributed by atoms with Crippen molar-refractivity contribution in [3.05, 3.63) is 59.7 Å². The maximum Gasteiger partial charge on any atom is 0.338 e. The normalized spacial score (nSPS) is 14.9. The van der Waals surface area contributed by atoms with Crippen LogP contribution in [0.1, 0.15) is 15.9 Å². The molecule has 0 amide bonds. The molecule has 0 aliphatic carbocycles. The van der Waals surface area contributed by atoms with Crippen molar-refractivity contribution in [1.29, 1.82) is 0 Å². The number of esters is 1. The van der Waals surface area contributed by atoms with Crippen LogP contribution in [0.15, 0.2) is 48.5 Å². The number of cyclic esters (lactones) is 1. The van der Waals surface area contributed by atoms with Gasteiger partial charge in [-0.15, -0.1) is 0 Å². The number of ether oxygens (including phenoxy) is 3. The van der Waals surface area contributed by atoms with Crippen LogP contribution in [0.25, 0.3) is 21.9 Å². The van der Waals surface area contributed by atoms with Crippen molar-refractivity contribution in [3.8, 4) is 22.6 Å². The fourth-order valence-electron chi connectivity index (χ4n) is 3.36. The summed E-state index contributed by atoms with van der Waals surface area (Å²) in [6, 6.07) is 15.7. The Bertz CT molecular complexity index is 960. The second-order valence-electron chi connectivity index (χ2n) is 5.62. The summed E-state index contributed by atoms with van der Waals surface area (Å²) in [4.78, 5) is 12.0. The lowest BCUT2D eigenvalue weighted by Gasteiger charge is -2.13. The first kappa shape index (κ1) is 12.5. The third kappa shape index (κ3) is 1.69. The summed E-state index contributed by atoms with van der Waals surface area (Å²) >= 11 is 0. The third-order valence-corrected chi connectivity index (χ3v) is 4.38. The van der Waals surface area contributed by atoms with E-state index in [2.05, 4.69) is 0 Å². The fourth-order valence-corrected chi connectivity index (χ4v) is 3.36. The molecule has 0 bridgehead atoms. The van der Waals surface area contributed by atoms with Gasteiger partial charge in [-0.25, -0.2) is 4.79 Å². The van der Waals surface area contributed by atoms with Crippen LogP contribution in [-0.2, 0) is 11.3 Å². The zero-order valence-corrected chi connectivity index (χ0v) is 12.2. The number of rotatable bonds is 1. The second kappa shape index (κ2) is 4.49. The zero-order valence-electron chi connectivity index (χ0n) is 12.2. The minimum atomic E-state index is -0.267. The van der Waals surface area contributed by atoms with E-state index in [0.717, 1.165) is 39.0 Å². The Morgan fingerprint density at radius 3 is 2.65 bits per heavy atom. The van der Waals surface area contributed by atoms with Gasteiger partial charge in [-0.3, -0.25) is 0 Å². The van der Waals surface area contributed by atoms with Crippen molar-refractivity contribution in [1.82, 2.24) is 0 Å². The molecule has 0 radical (unpaired) electrons. The van der Waals surface area contributed by atoms with E-state index in [9.17, 15) is 4.79 Å². The van der Waals surface area contributed by atoms with Crippen molar-refractivity contribution in [2.24, 2.45) is 0 Å². The highest BCUT2D eigenvalue weighted by atomic mass is 16.7. The Balaban J connectivity index is 1.97. The highest BCUT2D eigenvalue weighted by Crippen LogP contribution is 2.47. The van der Waals surface area contributed by atoms with Crippen molar-refractivity contribution in [2.45, 2.75) is 6.61 Å². The number of hydrogen-bond acceptors (Lipinski definition) is 4. The predicted octanol–water partition coefficient (Wildman–Crippen LogP) is 3.91. The van der Waals surface area contributed by atoms with Crippen molar-refractivity contribution < 1.29 is 19.0 Å². The van der Waals surface area contributed by atoms with Gasteiger partial charge in [-0.2, -0.15) is 0 Å². The third-order valence-electron chi connectivity index (χ3n) is 4.38. The van der Waals surface area contributed by atoms with E-state index in [1.54, 1.807) is 0 Å². The maximum absolute atomic E-state index is 12.0. The van der Waals surface area contributed by atoms with E-state index in [1.165, 1.54) is 0 Å². The summed E-state index contributed by atoms with van der Waals surface area (Å²) in [5, 5.41) is 1.92. The molecule has 0 spiro atoms. The molecule has 0 saturated heterocycles.